The molecule has 1 aliphatic heterocycles. The lowest BCUT2D eigenvalue weighted by molar-refractivity contribution is -0.150. The number of rotatable bonds is 4. The second-order valence-electron chi connectivity index (χ2n) is 6.67. The first-order valence-electron chi connectivity index (χ1n) is 7.30. The highest BCUT2D eigenvalue weighted by atomic mass is 16.2. The van der Waals surface area contributed by atoms with Gasteiger partial charge in [0.1, 0.15) is 0 Å². The molecule has 0 aromatic rings. The van der Waals surface area contributed by atoms with E-state index in [4.69, 9.17) is 0 Å². The molecule has 1 saturated heterocycles. The number of amides is 1. The van der Waals surface area contributed by atoms with Crippen molar-refractivity contribution in [1.29, 1.82) is 0 Å². The van der Waals surface area contributed by atoms with E-state index in [-0.39, 0.29) is 17.0 Å². The van der Waals surface area contributed by atoms with E-state index in [9.17, 15) is 4.79 Å². The fourth-order valence-electron chi connectivity index (χ4n) is 3.38. The molecule has 0 aromatic carbocycles. The lowest BCUT2D eigenvalue weighted by Crippen LogP contribution is -2.62. The van der Waals surface area contributed by atoms with Crippen LogP contribution in [0, 0.1) is 0 Å². The van der Waals surface area contributed by atoms with Crippen LogP contribution in [0.4, 0.5) is 0 Å². The van der Waals surface area contributed by atoms with Gasteiger partial charge in [0.25, 0.3) is 0 Å². The minimum atomic E-state index is -0.00795. The molecule has 1 heterocycles. The number of hydrogen-bond donors (Lipinski definition) is 0. The highest BCUT2D eigenvalue weighted by molar-refractivity contribution is 5.80. The minimum absolute atomic E-state index is 0.00795. The van der Waals surface area contributed by atoms with Crippen molar-refractivity contribution < 1.29 is 4.79 Å². The van der Waals surface area contributed by atoms with Crippen molar-refractivity contribution >= 4 is 5.91 Å². The first kappa shape index (κ1) is 15.5. The SMILES string of the molecule is CCN(CC)CC(=O)N1C(C)(C)CCCC1(C)C. The molecule has 0 aliphatic carbocycles. The van der Waals surface area contributed by atoms with E-state index < -0.39 is 0 Å². The average molecular weight is 254 g/mol. The van der Waals surface area contributed by atoms with Gasteiger partial charge in [-0.15, -0.1) is 0 Å². The Morgan fingerprint density at radius 2 is 1.50 bits per heavy atom. The summed E-state index contributed by atoms with van der Waals surface area (Å²) in [6, 6.07) is 0. The molecule has 1 fully saturated rings. The second kappa shape index (κ2) is 5.60. The topological polar surface area (TPSA) is 23.6 Å². The fraction of sp³-hybridized carbons (Fsp3) is 0.933. The minimum Gasteiger partial charge on any atom is -0.331 e. The molecule has 0 atom stereocenters. The average Bonchev–Trinajstić information content (AvgIpc) is 2.23. The first-order chi connectivity index (χ1) is 8.24. The van der Waals surface area contributed by atoms with Gasteiger partial charge in [0.15, 0.2) is 0 Å². The molecule has 0 spiro atoms. The summed E-state index contributed by atoms with van der Waals surface area (Å²) in [7, 11) is 0. The molecular formula is C15H30N2O. The molecule has 1 amide bonds. The Balaban J connectivity index is 2.85. The zero-order valence-corrected chi connectivity index (χ0v) is 13.0. The van der Waals surface area contributed by atoms with Crippen LogP contribution < -0.4 is 0 Å². The fourth-order valence-corrected chi connectivity index (χ4v) is 3.38. The van der Waals surface area contributed by atoms with Gasteiger partial charge in [0, 0.05) is 11.1 Å². The molecule has 0 unspecified atom stereocenters. The maximum absolute atomic E-state index is 12.6. The normalized spacial score (nSPS) is 22.3. The predicted molar refractivity (Wildman–Crippen MR) is 76.6 cm³/mol. The lowest BCUT2D eigenvalue weighted by atomic mass is 9.79. The summed E-state index contributed by atoms with van der Waals surface area (Å²) in [5.74, 6) is 0.286. The van der Waals surface area contributed by atoms with Gasteiger partial charge in [0.05, 0.1) is 6.54 Å². The summed E-state index contributed by atoms with van der Waals surface area (Å²) in [6.07, 6.45) is 3.44. The van der Waals surface area contributed by atoms with Crippen molar-refractivity contribution in [3.63, 3.8) is 0 Å². The Kier molecular flexibility index (Phi) is 4.82. The van der Waals surface area contributed by atoms with Crippen LogP contribution in [0.25, 0.3) is 0 Å². The van der Waals surface area contributed by atoms with Crippen LogP contribution in [0.5, 0.6) is 0 Å². The van der Waals surface area contributed by atoms with Gasteiger partial charge < -0.3 is 4.90 Å². The van der Waals surface area contributed by atoms with E-state index in [0.717, 1.165) is 25.9 Å². The number of hydrogen-bond acceptors (Lipinski definition) is 2. The molecule has 0 radical (unpaired) electrons. The van der Waals surface area contributed by atoms with Crippen molar-refractivity contribution in [2.45, 2.75) is 71.9 Å². The largest absolute Gasteiger partial charge is 0.331 e. The van der Waals surface area contributed by atoms with Gasteiger partial charge in [-0.2, -0.15) is 0 Å². The maximum atomic E-state index is 12.6. The predicted octanol–water partition coefficient (Wildman–Crippen LogP) is 2.90. The molecule has 3 heteroatoms. The van der Waals surface area contributed by atoms with Crippen LogP contribution in [0.3, 0.4) is 0 Å². The lowest BCUT2D eigenvalue weighted by Gasteiger charge is -2.53. The molecule has 18 heavy (non-hydrogen) atoms. The van der Waals surface area contributed by atoms with Gasteiger partial charge in [-0.3, -0.25) is 9.69 Å². The van der Waals surface area contributed by atoms with Gasteiger partial charge in [0.2, 0.25) is 5.91 Å². The zero-order valence-electron chi connectivity index (χ0n) is 13.0. The first-order valence-corrected chi connectivity index (χ1v) is 7.30. The third kappa shape index (κ3) is 3.25. The van der Waals surface area contributed by atoms with Crippen LogP contribution in [-0.4, -0.2) is 46.4 Å². The Labute approximate surface area is 113 Å². The number of carbonyl (C=O) groups excluding carboxylic acids is 1. The standard InChI is InChI=1S/C15H30N2O/c1-7-16(8-2)12-13(18)17-14(3,4)10-9-11-15(17,5)6/h7-12H2,1-6H3. The molecule has 1 aliphatic rings. The molecule has 0 bridgehead atoms. The summed E-state index contributed by atoms with van der Waals surface area (Å²) in [6.45, 7) is 15.5. The number of piperidine rings is 1. The molecule has 106 valence electrons. The van der Waals surface area contributed by atoms with Gasteiger partial charge in [-0.1, -0.05) is 13.8 Å². The maximum Gasteiger partial charge on any atom is 0.237 e. The van der Waals surface area contributed by atoms with E-state index >= 15 is 0 Å². The second-order valence-corrected chi connectivity index (χ2v) is 6.67. The third-order valence-corrected chi connectivity index (χ3v) is 4.29. The Bertz CT molecular complexity index is 277. The Hall–Kier alpha value is -0.570. The van der Waals surface area contributed by atoms with Crippen LogP contribution in [-0.2, 0) is 4.79 Å². The smallest absolute Gasteiger partial charge is 0.237 e. The van der Waals surface area contributed by atoms with E-state index in [2.05, 4.69) is 51.3 Å². The van der Waals surface area contributed by atoms with Crippen LogP contribution in [0.2, 0.25) is 0 Å². The van der Waals surface area contributed by atoms with Crippen molar-refractivity contribution in [3.8, 4) is 0 Å². The van der Waals surface area contributed by atoms with E-state index in [0.29, 0.717) is 6.54 Å². The summed E-state index contributed by atoms with van der Waals surface area (Å²) in [5, 5.41) is 0. The third-order valence-electron chi connectivity index (χ3n) is 4.29. The number of nitrogens with zero attached hydrogens (tertiary/aromatic N) is 2. The highest BCUT2D eigenvalue weighted by Gasteiger charge is 2.43. The molecule has 3 nitrogen and oxygen atoms in total. The van der Waals surface area contributed by atoms with Crippen molar-refractivity contribution in [1.82, 2.24) is 9.80 Å². The number of carbonyl (C=O) groups is 1. The molecule has 1 rings (SSSR count). The van der Waals surface area contributed by atoms with E-state index in [1.807, 2.05) is 0 Å². The van der Waals surface area contributed by atoms with Crippen molar-refractivity contribution in [2.75, 3.05) is 19.6 Å². The molecular weight excluding hydrogens is 224 g/mol. The summed E-state index contributed by atoms with van der Waals surface area (Å²) < 4.78 is 0. The van der Waals surface area contributed by atoms with Crippen LogP contribution in [0.15, 0.2) is 0 Å². The van der Waals surface area contributed by atoms with Gasteiger partial charge >= 0.3 is 0 Å². The van der Waals surface area contributed by atoms with Crippen LogP contribution >= 0.6 is 0 Å². The monoisotopic (exact) mass is 254 g/mol. The quantitative estimate of drug-likeness (QED) is 0.770. The Morgan fingerprint density at radius 3 is 1.89 bits per heavy atom. The zero-order chi connectivity index (χ0) is 14.0. The van der Waals surface area contributed by atoms with Crippen LogP contribution in [0.1, 0.15) is 60.8 Å². The summed E-state index contributed by atoms with van der Waals surface area (Å²) in [5.41, 5.74) is -0.0159. The highest BCUT2D eigenvalue weighted by Crippen LogP contribution is 2.38. The molecule has 0 saturated carbocycles. The van der Waals surface area contributed by atoms with Crippen molar-refractivity contribution in [3.05, 3.63) is 0 Å². The number of likely N-dealkylation sites (tertiary alicyclic amines) is 1. The molecule has 0 N–H and O–H groups in total. The van der Waals surface area contributed by atoms with Crippen molar-refractivity contribution in [2.24, 2.45) is 0 Å². The summed E-state index contributed by atoms with van der Waals surface area (Å²) in [4.78, 5) is 17.0. The Morgan fingerprint density at radius 1 is 1.06 bits per heavy atom. The summed E-state index contributed by atoms with van der Waals surface area (Å²) >= 11 is 0. The van der Waals surface area contributed by atoms with Gasteiger partial charge in [-0.25, -0.2) is 0 Å². The van der Waals surface area contributed by atoms with Gasteiger partial charge in [-0.05, 0) is 60.0 Å². The van der Waals surface area contributed by atoms with E-state index in [1.165, 1.54) is 6.42 Å². The molecule has 0 aromatic heterocycles. The van der Waals surface area contributed by atoms with E-state index in [1.54, 1.807) is 0 Å². The number of likely N-dealkylation sites (N-methyl/N-ethyl adjacent to an activating group) is 1.